The minimum absolute atomic E-state index is 0.141. The van der Waals surface area contributed by atoms with E-state index in [0.717, 1.165) is 18.7 Å². The van der Waals surface area contributed by atoms with Crippen LogP contribution in [0.3, 0.4) is 0 Å². The first-order valence-electron chi connectivity index (χ1n) is 9.92. The standard InChI is InChI=1S/C21H29N3O4/c1-28-21(27)18-15-24(13-14-25)20(26)19(18)22-17-7-5-16(6-8-17)9-12-23-10-3-2-4-11-23/h5-8,22,25H,2-4,9-15H2,1H3. The minimum Gasteiger partial charge on any atom is -0.466 e. The number of carbonyl (C=O) groups excluding carboxylic acids is 2. The predicted molar refractivity (Wildman–Crippen MR) is 107 cm³/mol. The number of ether oxygens (including phenoxy) is 1. The van der Waals surface area contributed by atoms with Gasteiger partial charge in [0.15, 0.2) is 0 Å². The van der Waals surface area contributed by atoms with Crippen LogP contribution in [0.1, 0.15) is 24.8 Å². The number of aliphatic hydroxyl groups is 1. The molecule has 2 N–H and O–H groups in total. The maximum absolute atomic E-state index is 12.6. The maximum Gasteiger partial charge on any atom is 0.337 e. The fourth-order valence-corrected chi connectivity index (χ4v) is 3.72. The summed E-state index contributed by atoms with van der Waals surface area (Å²) in [6, 6.07) is 7.95. The van der Waals surface area contributed by atoms with E-state index in [1.807, 2.05) is 12.1 Å². The van der Waals surface area contributed by atoms with Crippen LogP contribution in [0.2, 0.25) is 0 Å². The van der Waals surface area contributed by atoms with Crippen LogP contribution in [0.25, 0.3) is 0 Å². The fourth-order valence-electron chi connectivity index (χ4n) is 3.72. The van der Waals surface area contributed by atoms with Gasteiger partial charge in [-0.2, -0.15) is 0 Å². The van der Waals surface area contributed by atoms with E-state index in [4.69, 9.17) is 9.84 Å². The molecule has 7 nitrogen and oxygen atoms in total. The first-order valence-corrected chi connectivity index (χ1v) is 9.92. The van der Waals surface area contributed by atoms with Crippen molar-refractivity contribution in [3.8, 4) is 0 Å². The van der Waals surface area contributed by atoms with Gasteiger partial charge in [0.1, 0.15) is 5.70 Å². The second-order valence-electron chi connectivity index (χ2n) is 7.27. The Morgan fingerprint density at radius 2 is 1.86 bits per heavy atom. The molecule has 0 aromatic heterocycles. The van der Waals surface area contributed by atoms with Crippen molar-refractivity contribution in [3.05, 3.63) is 41.1 Å². The summed E-state index contributed by atoms with van der Waals surface area (Å²) in [6.45, 7) is 3.62. The molecule has 7 heteroatoms. The number of amides is 1. The number of aliphatic hydroxyl groups excluding tert-OH is 1. The van der Waals surface area contributed by atoms with E-state index in [2.05, 4.69) is 22.3 Å². The van der Waals surface area contributed by atoms with Crippen molar-refractivity contribution >= 4 is 17.6 Å². The molecule has 1 aromatic carbocycles. The van der Waals surface area contributed by atoms with E-state index in [9.17, 15) is 9.59 Å². The third-order valence-corrected chi connectivity index (χ3v) is 5.34. The van der Waals surface area contributed by atoms with E-state index >= 15 is 0 Å². The molecule has 0 saturated carbocycles. The Labute approximate surface area is 166 Å². The lowest BCUT2D eigenvalue weighted by Gasteiger charge is -2.26. The van der Waals surface area contributed by atoms with Crippen LogP contribution in [0.15, 0.2) is 35.5 Å². The van der Waals surface area contributed by atoms with E-state index in [0.29, 0.717) is 0 Å². The Hall–Kier alpha value is -2.38. The topological polar surface area (TPSA) is 82.1 Å². The smallest absolute Gasteiger partial charge is 0.337 e. The zero-order chi connectivity index (χ0) is 19.9. The SMILES string of the molecule is COC(=O)C1=C(Nc2ccc(CCN3CCCCC3)cc2)C(=O)N(CCO)C1. The van der Waals surface area contributed by atoms with E-state index in [1.165, 1.54) is 49.9 Å². The van der Waals surface area contributed by atoms with Crippen molar-refractivity contribution in [2.24, 2.45) is 0 Å². The van der Waals surface area contributed by atoms with Crippen LogP contribution < -0.4 is 5.32 Å². The fraction of sp³-hybridized carbons (Fsp3) is 0.524. The quantitative estimate of drug-likeness (QED) is 0.656. The van der Waals surface area contributed by atoms with Crippen LogP contribution in [0, 0.1) is 0 Å². The highest BCUT2D eigenvalue weighted by molar-refractivity contribution is 6.08. The van der Waals surface area contributed by atoms with Gasteiger partial charge in [0.05, 0.1) is 25.8 Å². The molecule has 152 valence electrons. The first kappa shape index (κ1) is 20.4. The monoisotopic (exact) mass is 387 g/mol. The van der Waals surface area contributed by atoms with E-state index in [1.54, 1.807) is 0 Å². The Kier molecular flexibility index (Phi) is 7.06. The van der Waals surface area contributed by atoms with Crippen molar-refractivity contribution in [1.82, 2.24) is 9.80 Å². The molecule has 2 aliphatic rings. The summed E-state index contributed by atoms with van der Waals surface area (Å²) >= 11 is 0. The number of methoxy groups -OCH3 is 1. The average molecular weight is 387 g/mol. The van der Waals surface area contributed by atoms with Crippen molar-refractivity contribution in [2.75, 3.05) is 51.8 Å². The number of hydrogen-bond acceptors (Lipinski definition) is 6. The Bertz CT molecular complexity index is 724. The number of carbonyl (C=O) groups is 2. The number of nitrogens with one attached hydrogen (secondary N) is 1. The van der Waals surface area contributed by atoms with E-state index < -0.39 is 5.97 Å². The van der Waals surface area contributed by atoms with Gasteiger partial charge in [-0.25, -0.2) is 4.79 Å². The molecule has 3 rings (SSSR count). The number of benzene rings is 1. The Balaban J connectivity index is 1.64. The summed E-state index contributed by atoms with van der Waals surface area (Å²) in [4.78, 5) is 28.5. The molecule has 1 fully saturated rings. The second kappa shape index (κ2) is 9.71. The zero-order valence-electron chi connectivity index (χ0n) is 16.4. The normalized spacial score (nSPS) is 17.9. The van der Waals surface area contributed by atoms with Gasteiger partial charge in [0.25, 0.3) is 5.91 Å². The van der Waals surface area contributed by atoms with Gasteiger partial charge in [-0.05, 0) is 50.0 Å². The number of anilines is 1. The van der Waals surface area contributed by atoms with Crippen LogP contribution in [0.4, 0.5) is 5.69 Å². The lowest BCUT2D eigenvalue weighted by molar-refractivity contribution is -0.136. The number of likely N-dealkylation sites (tertiary alicyclic amines) is 1. The van der Waals surface area contributed by atoms with Gasteiger partial charge in [0.2, 0.25) is 0 Å². The van der Waals surface area contributed by atoms with Crippen LogP contribution in [-0.2, 0) is 20.7 Å². The highest BCUT2D eigenvalue weighted by Gasteiger charge is 2.34. The third-order valence-electron chi connectivity index (χ3n) is 5.34. The zero-order valence-corrected chi connectivity index (χ0v) is 16.4. The summed E-state index contributed by atoms with van der Waals surface area (Å²) < 4.78 is 4.80. The second-order valence-corrected chi connectivity index (χ2v) is 7.27. The molecular formula is C21H29N3O4. The maximum atomic E-state index is 12.6. The van der Waals surface area contributed by atoms with Crippen molar-refractivity contribution < 1.29 is 19.4 Å². The number of esters is 1. The van der Waals surface area contributed by atoms with Crippen molar-refractivity contribution in [1.29, 1.82) is 0 Å². The highest BCUT2D eigenvalue weighted by Crippen LogP contribution is 2.23. The highest BCUT2D eigenvalue weighted by atomic mass is 16.5. The molecule has 0 bridgehead atoms. The Morgan fingerprint density at radius 1 is 1.14 bits per heavy atom. The van der Waals surface area contributed by atoms with Gasteiger partial charge in [-0.1, -0.05) is 18.6 Å². The molecule has 0 atom stereocenters. The molecule has 2 heterocycles. The largest absolute Gasteiger partial charge is 0.466 e. The minimum atomic E-state index is -0.533. The van der Waals surface area contributed by atoms with Gasteiger partial charge in [-0.15, -0.1) is 0 Å². The number of rotatable bonds is 8. The van der Waals surface area contributed by atoms with Crippen molar-refractivity contribution in [3.63, 3.8) is 0 Å². The molecule has 0 unspecified atom stereocenters. The third kappa shape index (κ3) is 4.91. The molecule has 1 aromatic rings. The van der Waals surface area contributed by atoms with Gasteiger partial charge in [-0.3, -0.25) is 4.79 Å². The molecular weight excluding hydrogens is 358 g/mol. The molecule has 28 heavy (non-hydrogen) atoms. The van der Waals surface area contributed by atoms with E-state index in [-0.39, 0.29) is 36.9 Å². The average Bonchev–Trinajstić information content (AvgIpc) is 3.03. The lowest BCUT2D eigenvalue weighted by atomic mass is 10.1. The number of hydrogen-bond donors (Lipinski definition) is 2. The summed E-state index contributed by atoms with van der Waals surface area (Å²) in [7, 11) is 1.29. The van der Waals surface area contributed by atoms with Crippen LogP contribution in [0.5, 0.6) is 0 Å². The summed E-state index contributed by atoms with van der Waals surface area (Å²) in [5.41, 5.74) is 2.51. The van der Waals surface area contributed by atoms with Crippen LogP contribution in [-0.4, -0.2) is 73.2 Å². The van der Waals surface area contributed by atoms with Gasteiger partial charge < -0.3 is 25.0 Å². The Morgan fingerprint density at radius 3 is 2.50 bits per heavy atom. The number of piperidine rings is 1. The number of β-amino-alcohol motifs (C(OH)–C–C–N with tert-alkyl or cyclic N) is 1. The van der Waals surface area contributed by atoms with Gasteiger partial charge >= 0.3 is 5.97 Å². The predicted octanol–water partition coefficient (Wildman–Crippen LogP) is 1.39. The van der Waals surface area contributed by atoms with Crippen molar-refractivity contribution in [2.45, 2.75) is 25.7 Å². The summed E-state index contributed by atoms with van der Waals surface area (Å²) in [6.07, 6.45) is 4.93. The molecule has 0 aliphatic carbocycles. The van der Waals surface area contributed by atoms with Gasteiger partial charge in [0, 0.05) is 18.8 Å². The summed E-state index contributed by atoms with van der Waals surface area (Å²) in [5, 5.41) is 12.2. The molecule has 0 spiro atoms. The molecule has 0 radical (unpaired) electrons. The summed E-state index contributed by atoms with van der Waals surface area (Å²) in [5.74, 6) is -0.835. The molecule has 1 saturated heterocycles. The first-order chi connectivity index (χ1) is 13.6. The van der Waals surface area contributed by atoms with Crippen LogP contribution >= 0.6 is 0 Å². The lowest BCUT2D eigenvalue weighted by Crippen LogP contribution is -2.31. The molecule has 1 amide bonds. The number of nitrogens with zero attached hydrogens (tertiary/aromatic N) is 2. The molecule has 2 aliphatic heterocycles.